The first-order valence-electron chi connectivity index (χ1n) is 8.53. The molecule has 2 heterocycles. The predicted octanol–water partition coefficient (Wildman–Crippen LogP) is 1.66. The number of imidazole rings is 1. The van der Waals surface area contributed by atoms with Gasteiger partial charge in [0.15, 0.2) is 0 Å². The van der Waals surface area contributed by atoms with Crippen LogP contribution in [0.2, 0.25) is 0 Å². The Bertz CT molecular complexity index is 1070. The van der Waals surface area contributed by atoms with Crippen molar-refractivity contribution in [3.05, 3.63) is 59.0 Å². The zero-order valence-corrected chi connectivity index (χ0v) is 14.9. The number of anilines is 1. The van der Waals surface area contributed by atoms with Crippen LogP contribution in [0.4, 0.5) is 5.69 Å². The number of fused-ring (bicyclic) bond motifs is 1. The fourth-order valence-corrected chi connectivity index (χ4v) is 4.50. The zero-order valence-electron chi connectivity index (χ0n) is 14.1. The quantitative estimate of drug-likeness (QED) is 0.634. The van der Waals surface area contributed by atoms with E-state index in [-0.39, 0.29) is 16.5 Å². The van der Waals surface area contributed by atoms with Gasteiger partial charge < -0.3 is 14.9 Å². The lowest BCUT2D eigenvalue weighted by Gasteiger charge is -2.18. The lowest BCUT2D eigenvalue weighted by Crippen LogP contribution is -2.31. The Morgan fingerprint density at radius 2 is 1.85 bits per heavy atom. The Hall–Kier alpha value is -2.58. The van der Waals surface area contributed by atoms with E-state index in [1.807, 2.05) is 18.2 Å². The second kappa shape index (κ2) is 6.62. The number of aromatic amines is 2. The average Bonchev–Trinajstić information content (AvgIpc) is 3.25. The Morgan fingerprint density at radius 1 is 1.08 bits per heavy atom. The second-order valence-corrected chi connectivity index (χ2v) is 8.34. The van der Waals surface area contributed by atoms with Gasteiger partial charge in [0.05, 0.1) is 15.9 Å². The maximum Gasteiger partial charge on any atom is 0.323 e. The van der Waals surface area contributed by atoms with Crippen LogP contribution in [0.1, 0.15) is 6.42 Å². The molecule has 26 heavy (non-hydrogen) atoms. The SMILES string of the molecule is O=c1[nH]c2ccc(S(=O)(=O)NCC3CCN(c4ccccc4)C3)cc2[nH]1. The standard InChI is InChI=1S/C18H20N4O3S/c23-18-20-16-7-6-15(10-17(16)21-18)26(24,25)19-11-13-8-9-22(12-13)14-4-2-1-3-5-14/h1-7,10,13,19H,8-9,11-12H2,(H2,20,21,23). The van der Waals surface area contributed by atoms with E-state index in [0.29, 0.717) is 17.6 Å². The molecule has 1 fully saturated rings. The molecule has 3 aromatic rings. The van der Waals surface area contributed by atoms with Crippen LogP contribution < -0.4 is 15.3 Å². The molecule has 136 valence electrons. The molecule has 3 N–H and O–H groups in total. The van der Waals surface area contributed by atoms with Gasteiger partial charge in [-0.2, -0.15) is 0 Å². The van der Waals surface area contributed by atoms with Crippen LogP contribution in [0.3, 0.4) is 0 Å². The Labute approximate surface area is 151 Å². The maximum atomic E-state index is 12.6. The summed E-state index contributed by atoms with van der Waals surface area (Å²) in [5.74, 6) is 0.265. The molecule has 0 spiro atoms. The molecule has 0 aliphatic carbocycles. The molecule has 0 saturated carbocycles. The summed E-state index contributed by atoms with van der Waals surface area (Å²) in [7, 11) is -3.62. The van der Waals surface area contributed by atoms with Crippen molar-refractivity contribution in [2.24, 2.45) is 5.92 Å². The molecule has 0 bridgehead atoms. The van der Waals surface area contributed by atoms with Crippen LogP contribution in [-0.4, -0.2) is 38.0 Å². The van der Waals surface area contributed by atoms with E-state index in [1.54, 1.807) is 6.07 Å². The fourth-order valence-electron chi connectivity index (χ4n) is 3.36. The van der Waals surface area contributed by atoms with Gasteiger partial charge in [-0.3, -0.25) is 0 Å². The second-order valence-electron chi connectivity index (χ2n) is 6.57. The number of nitrogens with one attached hydrogen (secondary N) is 3. The first-order valence-corrected chi connectivity index (χ1v) is 10.0. The van der Waals surface area contributed by atoms with Gasteiger partial charge in [0.25, 0.3) is 0 Å². The van der Waals surface area contributed by atoms with Crippen molar-refractivity contribution >= 4 is 26.7 Å². The normalized spacial score (nSPS) is 17.8. The number of H-pyrrole nitrogens is 2. The maximum absolute atomic E-state index is 12.6. The van der Waals surface area contributed by atoms with E-state index in [1.165, 1.54) is 17.8 Å². The Kier molecular flexibility index (Phi) is 4.29. The highest BCUT2D eigenvalue weighted by molar-refractivity contribution is 7.89. The van der Waals surface area contributed by atoms with Crippen molar-refractivity contribution in [2.45, 2.75) is 11.3 Å². The summed E-state index contributed by atoms with van der Waals surface area (Å²) >= 11 is 0. The molecule has 1 atom stereocenters. The predicted molar refractivity (Wildman–Crippen MR) is 101 cm³/mol. The van der Waals surface area contributed by atoms with Gasteiger partial charge in [-0.25, -0.2) is 17.9 Å². The minimum atomic E-state index is -3.62. The highest BCUT2D eigenvalue weighted by Crippen LogP contribution is 2.23. The van der Waals surface area contributed by atoms with Gasteiger partial charge in [-0.15, -0.1) is 0 Å². The van der Waals surface area contributed by atoms with E-state index in [2.05, 4.69) is 31.7 Å². The van der Waals surface area contributed by atoms with Crippen LogP contribution in [0, 0.1) is 5.92 Å². The van der Waals surface area contributed by atoms with Crippen molar-refractivity contribution < 1.29 is 8.42 Å². The number of hydrogen-bond donors (Lipinski definition) is 3. The molecule has 1 aliphatic rings. The topological polar surface area (TPSA) is 98.1 Å². The van der Waals surface area contributed by atoms with Crippen molar-refractivity contribution in [1.29, 1.82) is 0 Å². The van der Waals surface area contributed by atoms with Gasteiger partial charge in [-0.1, -0.05) is 18.2 Å². The van der Waals surface area contributed by atoms with E-state index in [9.17, 15) is 13.2 Å². The molecule has 8 heteroatoms. The third-order valence-electron chi connectivity index (χ3n) is 4.77. The summed E-state index contributed by atoms with van der Waals surface area (Å²) < 4.78 is 27.8. The van der Waals surface area contributed by atoms with Crippen LogP contribution >= 0.6 is 0 Å². The number of sulfonamides is 1. The fraction of sp³-hybridized carbons (Fsp3) is 0.278. The van der Waals surface area contributed by atoms with Gasteiger partial charge in [0.1, 0.15) is 0 Å². The summed E-state index contributed by atoms with van der Waals surface area (Å²) in [6, 6.07) is 14.7. The molecular formula is C18H20N4O3S. The first-order chi connectivity index (χ1) is 12.5. The third kappa shape index (κ3) is 3.38. The van der Waals surface area contributed by atoms with E-state index >= 15 is 0 Å². The number of rotatable bonds is 5. The van der Waals surface area contributed by atoms with Crippen LogP contribution in [0.25, 0.3) is 11.0 Å². The van der Waals surface area contributed by atoms with Crippen molar-refractivity contribution in [1.82, 2.24) is 14.7 Å². The monoisotopic (exact) mass is 372 g/mol. The molecule has 7 nitrogen and oxygen atoms in total. The molecule has 1 unspecified atom stereocenters. The smallest absolute Gasteiger partial charge is 0.323 e. The van der Waals surface area contributed by atoms with E-state index in [4.69, 9.17) is 0 Å². The lowest BCUT2D eigenvalue weighted by atomic mass is 10.1. The summed E-state index contributed by atoms with van der Waals surface area (Å²) in [5, 5.41) is 0. The minimum Gasteiger partial charge on any atom is -0.371 e. The third-order valence-corrected chi connectivity index (χ3v) is 6.19. The van der Waals surface area contributed by atoms with Crippen molar-refractivity contribution in [3.63, 3.8) is 0 Å². The van der Waals surface area contributed by atoms with Crippen molar-refractivity contribution in [3.8, 4) is 0 Å². The van der Waals surface area contributed by atoms with Gasteiger partial charge in [0, 0.05) is 25.3 Å². The summed E-state index contributed by atoms with van der Waals surface area (Å²) in [6.45, 7) is 2.15. The van der Waals surface area contributed by atoms with Crippen molar-refractivity contribution in [2.75, 3.05) is 24.5 Å². The average molecular weight is 372 g/mol. The number of aromatic nitrogens is 2. The summed E-state index contributed by atoms with van der Waals surface area (Å²) in [5.41, 5.74) is 1.88. The Balaban J connectivity index is 1.42. The highest BCUT2D eigenvalue weighted by Gasteiger charge is 2.25. The number of para-hydroxylation sites is 1. The lowest BCUT2D eigenvalue weighted by molar-refractivity contribution is 0.541. The van der Waals surface area contributed by atoms with Gasteiger partial charge in [-0.05, 0) is 42.7 Å². The largest absolute Gasteiger partial charge is 0.371 e. The van der Waals surface area contributed by atoms with Crippen LogP contribution in [-0.2, 0) is 10.0 Å². The molecule has 0 amide bonds. The first kappa shape index (κ1) is 16.9. The number of hydrogen-bond acceptors (Lipinski definition) is 4. The summed E-state index contributed by atoms with van der Waals surface area (Å²) in [4.78, 5) is 18.9. The zero-order chi connectivity index (χ0) is 18.1. The molecule has 1 aromatic heterocycles. The van der Waals surface area contributed by atoms with E-state index < -0.39 is 10.0 Å². The molecule has 0 radical (unpaired) electrons. The highest BCUT2D eigenvalue weighted by atomic mass is 32.2. The van der Waals surface area contributed by atoms with Gasteiger partial charge in [0.2, 0.25) is 10.0 Å². The number of nitrogens with zero attached hydrogens (tertiary/aromatic N) is 1. The molecule has 1 saturated heterocycles. The summed E-state index contributed by atoms with van der Waals surface area (Å²) in [6.07, 6.45) is 0.946. The van der Waals surface area contributed by atoms with Gasteiger partial charge >= 0.3 is 5.69 Å². The molecule has 4 rings (SSSR count). The van der Waals surface area contributed by atoms with Crippen LogP contribution in [0.15, 0.2) is 58.2 Å². The Morgan fingerprint density at radius 3 is 2.65 bits per heavy atom. The minimum absolute atomic E-state index is 0.151. The number of benzene rings is 2. The van der Waals surface area contributed by atoms with Crippen LogP contribution in [0.5, 0.6) is 0 Å². The molecule has 1 aliphatic heterocycles. The molecule has 2 aromatic carbocycles. The van der Waals surface area contributed by atoms with E-state index in [0.717, 1.165) is 19.5 Å². The molecular weight excluding hydrogens is 352 g/mol.